The SMILES string of the molecule is Cc1cc(C)c2c(c1O)C(=O)CC(C[C@H]1CC(=O)C(C(N)=O)=C(O)[C@@]1(O)CO)C2. The van der Waals surface area contributed by atoms with Gasteiger partial charge in [0.1, 0.15) is 22.7 Å². The topological polar surface area (TPSA) is 158 Å². The molecule has 2 aliphatic rings. The Morgan fingerprint density at radius 1 is 1.14 bits per heavy atom. The van der Waals surface area contributed by atoms with Gasteiger partial charge in [-0.25, -0.2) is 0 Å². The Labute approximate surface area is 167 Å². The van der Waals surface area contributed by atoms with E-state index in [1.807, 2.05) is 6.92 Å². The molecule has 29 heavy (non-hydrogen) atoms. The number of aliphatic hydroxyl groups excluding tert-OH is 2. The summed E-state index contributed by atoms with van der Waals surface area (Å²) in [6.45, 7) is 2.68. The summed E-state index contributed by atoms with van der Waals surface area (Å²) >= 11 is 0. The second-order valence-corrected chi connectivity index (χ2v) is 8.14. The number of aliphatic hydroxyl groups is 3. The molecule has 3 rings (SSSR count). The van der Waals surface area contributed by atoms with Gasteiger partial charge in [-0.15, -0.1) is 0 Å². The van der Waals surface area contributed by atoms with Gasteiger partial charge in [0, 0.05) is 18.8 Å². The van der Waals surface area contributed by atoms with Crippen LogP contribution < -0.4 is 5.73 Å². The lowest BCUT2D eigenvalue weighted by atomic mass is 9.68. The Bertz CT molecular complexity index is 949. The third-order valence-corrected chi connectivity index (χ3v) is 6.21. The molecule has 0 radical (unpaired) electrons. The van der Waals surface area contributed by atoms with Crippen molar-refractivity contribution in [1.29, 1.82) is 0 Å². The fraction of sp³-hybridized carbons (Fsp3) is 0.476. The number of ketones is 2. The highest BCUT2D eigenvalue weighted by Crippen LogP contribution is 2.43. The van der Waals surface area contributed by atoms with Crippen molar-refractivity contribution in [2.24, 2.45) is 17.6 Å². The molecule has 0 spiro atoms. The zero-order valence-corrected chi connectivity index (χ0v) is 16.4. The lowest BCUT2D eigenvalue weighted by Crippen LogP contribution is -2.51. The van der Waals surface area contributed by atoms with E-state index in [1.165, 1.54) is 0 Å². The molecule has 0 saturated heterocycles. The van der Waals surface area contributed by atoms with E-state index in [2.05, 4.69) is 0 Å². The van der Waals surface area contributed by atoms with Gasteiger partial charge in [-0.05, 0) is 49.3 Å². The minimum absolute atomic E-state index is 0.0274. The van der Waals surface area contributed by atoms with Crippen molar-refractivity contribution in [2.75, 3.05) is 6.61 Å². The molecular formula is C21H25NO7. The van der Waals surface area contributed by atoms with Crippen LogP contribution in [0.1, 0.15) is 46.3 Å². The van der Waals surface area contributed by atoms with Gasteiger partial charge in [0.25, 0.3) is 5.91 Å². The van der Waals surface area contributed by atoms with E-state index in [4.69, 9.17) is 5.73 Å². The standard InChI is InChI=1S/C21H25NO7/c1-9-3-10(2)18(26)16-13(9)5-11(6-14(16)24)4-12-7-15(25)17(20(22)28)19(27)21(12,29)8-23/h3,11-12,23,26-27,29H,4-8H2,1-2H3,(H2,22,28)/t11?,12-,21+/m0/s1. The van der Waals surface area contributed by atoms with E-state index in [1.54, 1.807) is 13.0 Å². The Balaban J connectivity index is 1.93. The monoisotopic (exact) mass is 403 g/mol. The van der Waals surface area contributed by atoms with Gasteiger partial charge >= 0.3 is 0 Å². The second kappa shape index (κ2) is 7.27. The molecule has 0 aliphatic heterocycles. The zero-order chi connectivity index (χ0) is 21.7. The van der Waals surface area contributed by atoms with Crippen LogP contribution in [0, 0.1) is 25.7 Å². The van der Waals surface area contributed by atoms with Crippen molar-refractivity contribution in [3.05, 3.63) is 39.7 Å². The number of Topliss-reactive ketones (excluding diaryl/α,β-unsaturated/α-hetero) is 2. The summed E-state index contributed by atoms with van der Waals surface area (Å²) in [7, 11) is 0. The Morgan fingerprint density at radius 2 is 1.79 bits per heavy atom. The lowest BCUT2D eigenvalue weighted by Gasteiger charge is -2.40. The number of hydrogen-bond donors (Lipinski definition) is 5. The van der Waals surface area contributed by atoms with Crippen LogP contribution in [0.25, 0.3) is 0 Å². The number of phenolic OH excluding ortho intramolecular Hbond substituents is 1. The van der Waals surface area contributed by atoms with Crippen LogP contribution in [0.5, 0.6) is 5.75 Å². The maximum absolute atomic E-state index is 12.7. The first-order chi connectivity index (χ1) is 13.5. The summed E-state index contributed by atoms with van der Waals surface area (Å²) in [6, 6.07) is 1.80. The normalized spacial score (nSPS) is 27.2. The van der Waals surface area contributed by atoms with E-state index in [9.17, 15) is 34.8 Å². The third-order valence-electron chi connectivity index (χ3n) is 6.21. The summed E-state index contributed by atoms with van der Waals surface area (Å²) in [5, 5.41) is 41.1. The Morgan fingerprint density at radius 3 is 2.38 bits per heavy atom. The van der Waals surface area contributed by atoms with Crippen LogP contribution >= 0.6 is 0 Å². The largest absolute Gasteiger partial charge is 0.508 e. The van der Waals surface area contributed by atoms with Gasteiger partial charge in [0.05, 0.1) is 12.2 Å². The van der Waals surface area contributed by atoms with Crippen LogP contribution in [0.4, 0.5) is 0 Å². The van der Waals surface area contributed by atoms with Crippen LogP contribution in [0.15, 0.2) is 17.4 Å². The molecule has 0 aromatic heterocycles. The summed E-state index contributed by atoms with van der Waals surface area (Å²) in [4.78, 5) is 36.5. The van der Waals surface area contributed by atoms with Crippen LogP contribution in [-0.2, 0) is 16.0 Å². The summed E-state index contributed by atoms with van der Waals surface area (Å²) < 4.78 is 0. The molecule has 1 aromatic rings. The highest BCUT2D eigenvalue weighted by Gasteiger charge is 2.50. The van der Waals surface area contributed by atoms with Crippen LogP contribution in [0.2, 0.25) is 0 Å². The summed E-state index contributed by atoms with van der Waals surface area (Å²) in [5.41, 5.74) is 4.77. The van der Waals surface area contributed by atoms with Crippen molar-refractivity contribution in [3.63, 3.8) is 0 Å². The van der Waals surface area contributed by atoms with E-state index in [-0.39, 0.29) is 36.7 Å². The first-order valence-electron chi connectivity index (χ1n) is 9.46. The minimum Gasteiger partial charge on any atom is -0.508 e. The second-order valence-electron chi connectivity index (χ2n) is 8.14. The Kier molecular flexibility index (Phi) is 5.27. The van der Waals surface area contributed by atoms with Crippen molar-refractivity contribution in [1.82, 2.24) is 0 Å². The molecule has 1 amide bonds. The number of phenols is 1. The van der Waals surface area contributed by atoms with Gasteiger partial charge < -0.3 is 26.2 Å². The fourth-order valence-electron chi connectivity index (χ4n) is 4.65. The van der Waals surface area contributed by atoms with Gasteiger partial charge in [-0.1, -0.05) is 6.07 Å². The van der Waals surface area contributed by atoms with Gasteiger partial charge in [-0.3, -0.25) is 14.4 Å². The van der Waals surface area contributed by atoms with Crippen LogP contribution in [0.3, 0.4) is 0 Å². The number of rotatable bonds is 4. The number of hydrogen-bond acceptors (Lipinski definition) is 7. The summed E-state index contributed by atoms with van der Waals surface area (Å²) in [5.74, 6) is -4.20. The average molecular weight is 403 g/mol. The molecule has 156 valence electrons. The first kappa shape index (κ1) is 21.0. The number of amides is 1. The molecule has 3 atom stereocenters. The number of fused-ring (bicyclic) bond motifs is 1. The molecule has 1 aromatic carbocycles. The molecule has 8 heteroatoms. The molecule has 8 nitrogen and oxygen atoms in total. The van der Waals surface area contributed by atoms with Crippen molar-refractivity contribution < 1.29 is 34.8 Å². The molecule has 0 bridgehead atoms. The van der Waals surface area contributed by atoms with Crippen molar-refractivity contribution >= 4 is 17.5 Å². The van der Waals surface area contributed by atoms with E-state index >= 15 is 0 Å². The van der Waals surface area contributed by atoms with Crippen molar-refractivity contribution in [2.45, 2.75) is 45.1 Å². The van der Waals surface area contributed by atoms with Crippen molar-refractivity contribution in [3.8, 4) is 5.75 Å². The number of benzene rings is 1. The predicted octanol–water partition coefficient (Wildman–Crippen LogP) is 0.754. The Hall–Kier alpha value is -2.71. The highest BCUT2D eigenvalue weighted by atomic mass is 16.4. The molecule has 1 unspecified atom stereocenters. The zero-order valence-electron chi connectivity index (χ0n) is 16.4. The number of aromatic hydroxyl groups is 1. The maximum Gasteiger partial charge on any atom is 0.255 e. The lowest BCUT2D eigenvalue weighted by molar-refractivity contribution is -0.130. The average Bonchev–Trinajstić information content (AvgIpc) is 2.63. The predicted molar refractivity (Wildman–Crippen MR) is 102 cm³/mol. The molecule has 0 heterocycles. The number of primary amides is 1. The number of carbonyl (C=O) groups is 3. The first-order valence-corrected chi connectivity index (χ1v) is 9.46. The molecular weight excluding hydrogens is 378 g/mol. The fourth-order valence-corrected chi connectivity index (χ4v) is 4.65. The third kappa shape index (κ3) is 3.32. The van der Waals surface area contributed by atoms with E-state index in [0.717, 1.165) is 11.1 Å². The van der Waals surface area contributed by atoms with E-state index in [0.29, 0.717) is 17.5 Å². The quantitative estimate of drug-likeness (QED) is 0.464. The molecule has 0 saturated carbocycles. The number of carbonyl (C=O) groups excluding carboxylic acids is 3. The minimum atomic E-state index is -2.19. The summed E-state index contributed by atoms with van der Waals surface area (Å²) in [6.07, 6.45) is 0.427. The van der Waals surface area contributed by atoms with Gasteiger partial charge in [0.2, 0.25) is 0 Å². The van der Waals surface area contributed by atoms with Crippen LogP contribution in [-0.4, -0.2) is 50.1 Å². The highest BCUT2D eigenvalue weighted by molar-refractivity contribution is 6.20. The molecule has 6 N–H and O–H groups in total. The number of aryl methyl sites for hydroxylation is 2. The molecule has 0 fully saturated rings. The number of nitrogens with two attached hydrogens (primary N) is 1. The van der Waals surface area contributed by atoms with Gasteiger partial charge in [-0.2, -0.15) is 0 Å². The molecule has 2 aliphatic carbocycles. The van der Waals surface area contributed by atoms with Gasteiger partial charge in [0.15, 0.2) is 11.6 Å². The van der Waals surface area contributed by atoms with E-state index < -0.39 is 41.1 Å². The smallest absolute Gasteiger partial charge is 0.255 e. The maximum atomic E-state index is 12.7.